The van der Waals surface area contributed by atoms with Crippen LogP contribution in [0.25, 0.3) is 0 Å². The second kappa shape index (κ2) is 7.27. The van der Waals surface area contributed by atoms with E-state index in [1.807, 2.05) is 36.4 Å². The Morgan fingerprint density at radius 2 is 1.90 bits per heavy atom. The lowest BCUT2D eigenvalue weighted by Crippen LogP contribution is -2.19. The number of anilines is 1. The molecule has 2 aromatic carbocycles. The normalized spacial score (nSPS) is 11.8. The van der Waals surface area contributed by atoms with Crippen LogP contribution in [0.5, 0.6) is 0 Å². The largest absolute Gasteiger partial charge is 0.379 e. The van der Waals surface area contributed by atoms with Gasteiger partial charge in [-0.15, -0.1) is 0 Å². The van der Waals surface area contributed by atoms with Crippen LogP contribution in [0.3, 0.4) is 0 Å². The highest BCUT2D eigenvalue weighted by Crippen LogP contribution is 2.22. The van der Waals surface area contributed by atoms with Gasteiger partial charge in [-0.2, -0.15) is 0 Å². The number of amides is 1. The Morgan fingerprint density at radius 1 is 1.19 bits per heavy atom. The summed E-state index contributed by atoms with van der Waals surface area (Å²) in [4.78, 5) is 11.3. The fourth-order valence-corrected chi connectivity index (χ4v) is 2.52. The van der Waals surface area contributed by atoms with Crippen molar-refractivity contribution in [3.63, 3.8) is 0 Å². The van der Waals surface area contributed by atoms with Gasteiger partial charge in [-0.25, -0.2) is 0 Å². The summed E-state index contributed by atoms with van der Waals surface area (Å²) in [6.45, 7) is 2.13. The molecule has 0 aliphatic rings. The molecule has 110 valence electrons. The molecule has 1 atom stereocenters. The van der Waals surface area contributed by atoms with Crippen LogP contribution < -0.4 is 10.6 Å². The van der Waals surface area contributed by atoms with Gasteiger partial charge in [0.05, 0.1) is 6.42 Å². The zero-order chi connectivity index (χ0) is 15.2. The molecule has 2 rings (SSSR count). The van der Waals surface area contributed by atoms with E-state index >= 15 is 0 Å². The molecular weight excluding hydrogens is 328 g/mol. The number of halogens is 1. The van der Waals surface area contributed by atoms with Crippen molar-refractivity contribution in [2.75, 3.05) is 12.4 Å². The maximum atomic E-state index is 11.3. The summed E-state index contributed by atoms with van der Waals surface area (Å²) in [6, 6.07) is 16.4. The zero-order valence-electron chi connectivity index (χ0n) is 12.2. The molecule has 0 heterocycles. The third kappa shape index (κ3) is 4.60. The number of benzene rings is 2. The number of rotatable bonds is 5. The van der Waals surface area contributed by atoms with Crippen molar-refractivity contribution in [1.82, 2.24) is 5.32 Å². The van der Waals surface area contributed by atoms with Crippen molar-refractivity contribution in [2.45, 2.75) is 19.4 Å². The van der Waals surface area contributed by atoms with E-state index in [2.05, 4.69) is 45.6 Å². The maximum absolute atomic E-state index is 11.3. The molecule has 21 heavy (non-hydrogen) atoms. The zero-order valence-corrected chi connectivity index (χ0v) is 13.8. The van der Waals surface area contributed by atoms with Crippen molar-refractivity contribution < 1.29 is 4.79 Å². The molecule has 4 heteroatoms. The van der Waals surface area contributed by atoms with E-state index in [1.165, 1.54) is 5.56 Å². The summed E-state index contributed by atoms with van der Waals surface area (Å²) < 4.78 is 1.08. The van der Waals surface area contributed by atoms with E-state index in [1.54, 1.807) is 7.05 Å². The van der Waals surface area contributed by atoms with Crippen LogP contribution in [0.4, 0.5) is 5.69 Å². The average molecular weight is 347 g/mol. The first-order chi connectivity index (χ1) is 10.1. The minimum Gasteiger partial charge on any atom is -0.379 e. The molecule has 3 nitrogen and oxygen atoms in total. The summed E-state index contributed by atoms with van der Waals surface area (Å²) >= 11 is 3.49. The standard InChI is InChI=1S/C17H19BrN2O/c1-12(14-4-3-5-15(18)11-14)20-16-8-6-13(7-9-16)10-17(21)19-2/h3-9,11-12,20H,10H2,1-2H3,(H,19,21). The van der Waals surface area contributed by atoms with Crippen LogP contribution in [0.1, 0.15) is 24.1 Å². The van der Waals surface area contributed by atoms with Crippen molar-refractivity contribution in [1.29, 1.82) is 0 Å². The molecule has 0 aliphatic heterocycles. The lowest BCUT2D eigenvalue weighted by Gasteiger charge is -2.16. The molecule has 1 amide bonds. The highest BCUT2D eigenvalue weighted by atomic mass is 79.9. The summed E-state index contributed by atoms with van der Waals surface area (Å²) in [6.07, 6.45) is 0.415. The van der Waals surface area contributed by atoms with E-state index in [0.717, 1.165) is 15.7 Å². The topological polar surface area (TPSA) is 41.1 Å². The molecule has 1 unspecified atom stereocenters. The lowest BCUT2D eigenvalue weighted by molar-refractivity contribution is -0.119. The molecule has 0 fully saturated rings. The van der Waals surface area contributed by atoms with Gasteiger partial charge in [-0.3, -0.25) is 4.79 Å². The summed E-state index contributed by atoms with van der Waals surface area (Å²) in [7, 11) is 1.65. The molecule has 0 aliphatic carbocycles. The molecule has 0 aromatic heterocycles. The fraction of sp³-hybridized carbons (Fsp3) is 0.235. The third-order valence-electron chi connectivity index (χ3n) is 3.33. The van der Waals surface area contributed by atoms with Gasteiger partial charge in [0.25, 0.3) is 0 Å². The monoisotopic (exact) mass is 346 g/mol. The molecule has 0 radical (unpaired) electrons. The van der Waals surface area contributed by atoms with E-state index in [0.29, 0.717) is 6.42 Å². The van der Waals surface area contributed by atoms with E-state index in [-0.39, 0.29) is 11.9 Å². The van der Waals surface area contributed by atoms with Gasteiger partial charge in [-0.05, 0) is 42.3 Å². The predicted molar refractivity (Wildman–Crippen MR) is 90.4 cm³/mol. The summed E-state index contributed by atoms with van der Waals surface area (Å²) in [5.41, 5.74) is 3.27. The molecular formula is C17H19BrN2O. The van der Waals surface area contributed by atoms with Crippen molar-refractivity contribution >= 4 is 27.5 Å². The van der Waals surface area contributed by atoms with Crippen molar-refractivity contribution in [3.05, 3.63) is 64.1 Å². The van der Waals surface area contributed by atoms with E-state index < -0.39 is 0 Å². The van der Waals surface area contributed by atoms with Crippen molar-refractivity contribution in [2.24, 2.45) is 0 Å². The van der Waals surface area contributed by atoms with Gasteiger partial charge < -0.3 is 10.6 Å². The lowest BCUT2D eigenvalue weighted by atomic mass is 10.1. The Kier molecular flexibility index (Phi) is 5.39. The summed E-state index contributed by atoms with van der Waals surface area (Å²) in [5.74, 6) is 0.0261. The quantitative estimate of drug-likeness (QED) is 0.861. The van der Waals surface area contributed by atoms with Gasteiger partial charge in [0, 0.05) is 23.2 Å². The molecule has 0 spiro atoms. The molecule has 0 bridgehead atoms. The number of hydrogen-bond acceptors (Lipinski definition) is 2. The van der Waals surface area contributed by atoms with Crippen LogP contribution in [-0.4, -0.2) is 13.0 Å². The first-order valence-electron chi connectivity index (χ1n) is 6.90. The smallest absolute Gasteiger partial charge is 0.224 e. The van der Waals surface area contributed by atoms with E-state index in [9.17, 15) is 4.79 Å². The van der Waals surface area contributed by atoms with Gasteiger partial charge in [0.1, 0.15) is 0 Å². The Balaban J connectivity index is 2.01. The Bertz CT molecular complexity index is 610. The van der Waals surface area contributed by atoms with Crippen LogP contribution in [0, 0.1) is 0 Å². The number of hydrogen-bond donors (Lipinski definition) is 2. The van der Waals surface area contributed by atoms with Crippen LogP contribution >= 0.6 is 15.9 Å². The van der Waals surface area contributed by atoms with Gasteiger partial charge >= 0.3 is 0 Å². The average Bonchev–Trinajstić information content (AvgIpc) is 2.49. The first-order valence-corrected chi connectivity index (χ1v) is 7.69. The molecule has 2 aromatic rings. The highest BCUT2D eigenvalue weighted by molar-refractivity contribution is 9.10. The third-order valence-corrected chi connectivity index (χ3v) is 3.82. The minimum absolute atomic E-state index is 0.0261. The first kappa shape index (κ1) is 15.6. The van der Waals surface area contributed by atoms with Gasteiger partial charge in [0.15, 0.2) is 0 Å². The van der Waals surface area contributed by atoms with Crippen LogP contribution in [0.15, 0.2) is 53.0 Å². The van der Waals surface area contributed by atoms with E-state index in [4.69, 9.17) is 0 Å². The predicted octanol–water partition coefficient (Wildman–Crippen LogP) is 3.91. The van der Waals surface area contributed by atoms with Gasteiger partial charge in [-0.1, -0.05) is 40.2 Å². The van der Waals surface area contributed by atoms with Crippen molar-refractivity contribution in [3.8, 4) is 0 Å². The number of nitrogens with one attached hydrogen (secondary N) is 2. The Morgan fingerprint density at radius 3 is 2.52 bits per heavy atom. The number of carbonyl (C=O) groups excluding carboxylic acids is 1. The van der Waals surface area contributed by atoms with Gasteiger partial charge in [0.2, 0.25) is 5.91 Å². The SMILES string of the molecule is CNC(=O)Cc1ccc(NC(C)c2cccc(Br)c2)cc1. The number of carbonyl (C=O) groups is 1. The summed E-state index contributed by atoms with van der Waals surface area (Å²) in [5, 5.41) is 6.09. The second-order valence-electron chi connectivity index (χ2n) is 4.97. The molecule has 2 N–H and O–H groups in total. The molecule has 0 saturated heterocycles. The number of likely N-dealkylation sites (N-methyl/N-ethyl adjacent to an activating group) is 1. The Labute approximate surface area is 133 Å². The molecule has 0 saturated carbocycles. The maximum Gasteiger partial charge on any atom is 0.224 e. The Hall–Kier alpha value is -1.81. The second-order valence-corrected chi connectivity index (χ2v) is 5.88. The van der Waals surface area contributed by atoms with Crippen LogP contribution in [0.2, 0.25) is 0 Å². The fourth-order valence-electron chi connectivity index (χ4n) is 2.10. The minimum atomic E-state index is 0.0261. The van der Waals surface area contributed by atoms with Crippen LogP contribution in [-0.2, 0) is 11.2 Å². The highest BCUT2D eigenvalue weighted by Gasteiger charge is 2.06.